The van der Waals surface area contributed by atoms with Crippen LogP contribution in [0.4, 0.5) is 5.69 Å². The molecule has 0 fully saturated rings. The monoisotopic (exact) mass is 302 g/mol. The van der Waals surface area contributed by atoms with Crippen molar-refractivity contribution in [2.75, 3.05) is 5.32 Å². The van der Waals surface area contributed by atoms with E-state index in [-0.39, 0.29) is 18.7 Å². The first-order valence-electron chi connectivity index (χ1n) is 6.98. The molecule has 6 nitrogen and oxygen atoms in total. The van der Waals surface area contributed by atoms with Crippen molar-refractivity contribution in [3.8, 4) is 0 Å². The largest absolute Gasteiger partial charge is 0.481 e. The molecule has 0 radical (unpaired) electrons. The van der Waals surface area contributed by atoms with Gasteiger partial charge in [0.1, 0.15) is 5.76 Å². The Hall–Kier alpha value is -2.63. The topological polar surface area (TPSA) is 92.4 Å². The molecule has 1 aromatic heterocycles. The predicted molar refractivity (Wildman–Crippen MR) is 80.7 cm³/mol. The van der Waals surface area contributed by atoms with Gasteiger partial charge in [-0.05, 0) is 38.0 Å². The average Bonchev–Trinajstić information content (AvgIpc) is 2.77. The first-order valence-corrected chi connectivity index (χ1v) is 6.98. The minimum Gasteiger partial charge on any atom is -0.481 e. The second kappa shape index (κ2) is 6.89. The van der Waals surface area contributed by atoms with Crippen molar-refractivity contribution in [1.82, 2.24) is 5.16 Å². The van der Waals surface area contributed by atoms with Gasteiger partial charge < -0.3 is 14.9 Å². The molecule has 22 heavy (non-hydrogen) atoms. The molecule has 1 amide bonds. The summed E-state index contributed by atoms with van der Waals surface area (Å²) in [4.78, 5) is 22.7. The van der Waals surface area contributed by atoms with E-state index in [0.29, 0.717) is 23.6 Å². The van der Waals surface area contributed by atoms with Crippen LogP contribution < -0.4 is 5.32 Å². The predicted octanol–water partition coefficient (Wildman–Crippen LogP) is 2.49. The zero-order valence-corrected chi connectivity index (χ0v) is 12.5. The Morgan fingerprint density at radius 3 is 2.73 bits per heavy atom. The minimum atomic E-state index is -0.840. The van der Waals surface area contributed by atoms with E-state index in [1.807, 2.05) is 6.07 Å². The van der Waals surface area contributed by atoms with Crippen LogP contribution in [0.1, 0.15) is 29.0 Å². The molecule has 2 rings (SSSR count). The maximum atomic E-state index is 12.1. The maximum absolute atomic E-state index is 12.1. The highest BCUT2D eigenvalue weighted by molar-refractivity contribution is 5.92. The van der Waals surface area contributed by atoms with Gasteiger partial charge in [0.25, 0.3) is 0 Å². The molecule has 0 saturated carbocycles. The normalized spacial score (nSPS) is 10.5. The minimum absolute atomic E-state index is 0.0660. The molecule has 116 valence electrons. The number of anilines is 1. The standard InChI is InChI=1S/C16H18N2O4/c1-10-14(11(2)22-18-10)9-15(19)17-13-5-3-4-12(8-13)6-7-16(20)21/h3-5,8H,6-7,9H2,1-2H3,(H,17,19)(H,20,21). The van der Waals surface area contributed by atoms with Crippen LogP contribution >= 0.6 is 0 Å². The van der Waals surface area contributed by atoms with Crippen molar-refractivity contribution < 1.29 is 19.2 Å². The lowest BCUT2D eigenvalue weighted by Crippen LogP contribution is -2.15. The number of carbonyl (C=O) groups excluding carboxylic acids is 1. The molecule has 2 N–H and O–H groups in total. The molecule has 6 heteroatoms. The summed E-state index contributed by atoms with van der Waals surface area (Å²) in [5, 5.41) is 15.3. The number of aryl methyl sites for hydroxylation is 3. The van der Waals surface area contributed by atoms with E-state index < -0.39 is 5.97 Å². The van der Waals surface area contributed by atoms with E-state index in [4.69, 9.17) is 9.63 Å². The fourth-order valence-corrected chi connectivity index (χ4v) is 2.18. The van der Waals surface area contributed by atoms with E-state index in [0.717, 1.165) is 11.1 Å². The first kappa shape index (κ1) is 15.8. The van der Waals surface area contributed by atoms with Crippen molar-refractivity contribution in [3.05, 3.63) is 46.8 Å². The molecule has 0 bridgehead atoms. The smallest absolute Gasteiger partial charge is 0.303 e. The Bertz CT molecular complexity index is 672. The number of benzene rings is 1. The highest BCUT2D eigenvalue weighted by Crippen LogP contribution is 2.16. The number of hydrogen-bond donors (Lipinski definition) is 2. The molecule has 0 unspecified atom stereocenters. The molecule has 0 atom stereocenters. The number of carboxylic acids is 1. The van der Waals surface area contributed by atoms with Gasteiger partial charge in [-0.3, -0.25) is 9.59 Å². The molecule has 0 aliphatic rings. The Labute approximate surface area is 128 Å². The molecular weight excluding hydrogens is 284 g/mol. The van der Waals surface area contributed by atoms with E-state index in [1.54, 1.807) is 32.0 Å². The van der Waals surface area contributed by atoms with Crippen LogP contribution in [0.15, 0.2) is 28.8 Å². The fourth-order valence-electron chi connectivity index (χ4n) is 2.18. The molecule has 0 aliphatic heterocycles. The molecule has 0 aliphatic carbocycles. The number of carboxylic acid groups (broad SMARTS) is 1. The van der Waals surface area contributed by atoms with Gasteiger partial charge in [0.15, 0.2) is 0 Å². The van der Waals surface area contributed by atoms with Gasteiger partial charge in [-0.2, -0.15) is 0 Å². The summed E-state index contributed by atoms with van der Waals surface area (Å²) in [6, 6.07) is 7.19. The Morgan fingerprint density at radius 2 is 2.09 bits per heavy atom. The molecule has 0 saturated heterocycles. The summed E-state index contributed by atoms with van der Waals surface area (Å²) in [6.45, 7) is 3.57. The summed E-state index contributed by atoms with van der Waals surface area (Å²) in [7, 11) is 0. The zero-order valence-electron chi connectivity index (χ0n) is 12.5. The van der Waals surface area contributed by atoms with Crippen molar-refractivity contribution in [3.63, 3.8) is 0 Å². The summed E-state index contributed by atoms with van der Waals surface area (Å²) in [5.41, 5.74) is 3.03. The highest BCUT2D eigenvalue weighted by Gasteiger charge is 2.13. The lowest BCUT2D eigenvalue weighted by atomic mass is 10.1. The van der Waals surface area contributed by atoms with Crippen LogP contribution in [0.2, 0.25) is 0 Å². The number of hydrogen-bond acceptors (Lipinski definition) is 4. The first-order chi connectivity index (χ1) is 10.5. The summed E-state index contributed by atoms with van der Waals surface area (Å²) < 4.78 is 5.03. The van der Waals surface area contributed by atoms with E-state index >= 15 is 0 Å². The number of aromatic nitrogens is 1. The number of nitrogens with one attached hydrogen (secondary N) is 1. The zero-order chi connectivity index (χ0) is 16.1. The van der Waals surface area contributed by atoms with Crippen LogP contribution in [0.25, 0.3) is 0 Å². The molecule has 1 aromatic carbocycles. The van der Waals surface area contributed by atoms with Gasteiger partial charge in [0.2, 0.25) is 5.91 Å². The van der Waals surface area contributed by atoms with Gasteiger partial charge in [-0.1, -0.05) is 17.3 Å². The Balaban J connectivity index is 1.99. The second-order valence-corrected chi connectivity index (χ2v) is 5.12. The second-order valence-electron chi connectivity index (χ2n) is 5.12. The third-order valence-corrected chi connectivity index (χ3v) is 3.36. The Morgan fingerprint density at radius 1 is 1.32 bits per heavy atom. The third kappa shape index (κ3) is 4.18. The highest BCUT2D eigenvalue weighted by atomic mass is 16.5. The summed E-state index contributed by atoms with van der Waals surface area (Å²) in [6.07, 6.45) is 0.694. The summed E-state index contributed by atoms with van der Waals surface area (Å²) >= 11 is 0. The fraction of sp³-hybridized carbons (Fsp3) is 0.312. The van der Waals surface area contributed by atoms with Crippen molar-refractivity contribution in [1.29, 1.82) is 0 Å². The third-order valence-electron chi connectivity index (χ3n) is 3.36. The molecule has 2 aromatic rings. The van der Waals surface area contributed by atoms with Gasteiger partial charge in [-0.15, -0.1) is 0 Å². The molecule has 1 heterocycles. The lowest BCUT2D eigenvalue weighted by molar-refractivity contribution is -0.137. The number of amides is 1. The quantitative estimate of drug-likeness (QED) is 0.855. The van der Waals surface area contributed by atoms with Crippen LogP contribution in [0, 0.1) is 13.8 Å². The Kier molecular flexibility index (Phi) is 4.93. The van der Waals surface area contributed by atoms with E-state index in [2.05, 4.69) is 10.5 Å². The van der Waals surface area contributed by atoms with Crippen LogP contribution in [-0.4, -0.2) is 22.1 Å². The van der Waals surface area contributed by atoms with Crippen LogP contribution in [-0.2, 0) is 22.4 Å². The van der Waals surface area contributed by atoms with Gasteiger partial charge in [-0.25, -0.2) is 0 Å². The number of nitrogens with zero attached hydrogens (tertiary/aromatic N) is 1. The van der Waals surface area contributed by atoms with Crippen LogP contribution in [0.3, 0.4) is 0 Å². The van der Waals surface area contributed by atoms with Gasteiger partial charge >= 0.3 is 5.97 Å². The molecule has 0 spiro atoms. The number of carbonyl (C=O) groups is 2. The van der Waals surface area contributed by atoms with Crippen molar-refractivity contribution in [2.45, 2.75) is 33.1 Å². The molecular formula is C16H18N2O4. The van der Waals surface area contributed by atoms with Crippen LogP contribution in [0.5, 0.6) is 0 Å². The number of aliphatic carboxylic acids is 1. The van der Waals surface area contributed by atoms with Gasteiger partial charge in [0, 0.05) is 17.7 Å². The summed E-state index contributed by atoms with van der Waals surface area (Å²) in [5.74, 6) is -0.361. The van der Waals surface area contributed by atoms with E-state index in [9.17, 15) is 9.59 Å². The average molecular weight is 302 g/mol. The van der Waals surface area contributed by atoms with E-state index in [1.165, 1.54) is 0 Å². The van der Waals surface area contributed by atoms with Gasteiger partial charge in [0.05, 0.1) is 12.1 Å². The SMILES string of the molecule is Cc1noc(C)c1CC(=O)Nc1cccc(CCC(=O)O)c1. The lowest BCUT2D eigenvalue weighted by Gasteiger charge is -2.07. The van der Waals surface area contributed by atoms with Crippen molar-refractivity contribution in [2.24, 2.45) is 0 Å². The van der Waals surface area contributed by atoms with Crippen molar-refractivity contribution >= 4 is 17.6 Å². The number of rotatable bonds is 6. The maximum Gasteiger partial charge on any atom is 0.303 e.